The molecule has 0 unspecified atom stereocenters. The third kappa shape index (κ3) is 4.62. The second-order valence-electron chi connectivity index (χ2n) is 6.15. The fraction of sp³-hybridized carbons (Fsp3) is 0.421. The van der Waals surface area contributed by atoms with Crippen molar-refractivity contribution in [2.45, 2.75) is 44.9 Å². The van der Waals surface area contributed by atoms with Crippen LogP contribution in [0.2, 0.25) is 0 Å². The molecule has 4 nitrogen and oxygen atoms in total. The average Bonchev–Trinajstić information content (AvgIpc) is 2.85. The quantitative estimate of drug-likeness (QED) is 0.587. The van der Waals surface area contributed by atoms with Crippen molar-refractivity contribution >= 4 is 5.78 Å². The number of hydrogen-bond donors (Lipinski definition) is 0. The van der Waals surface area contributed by atoms with Crippen LogP contribution in [-0.4, -0.2) is 15.8 Å². The summed E-state index contributed by atoms with van der Waals surface area (Å²) in [6.45, 7) is 0. The van der Waals surface area contributed by atoms with Crippen molar-refractivity contribution in [1.29, 1.82) is 0 Å². The van der Waals surface area contributed by atoms with Crippen molar-refractivity contribution in [3.8, 4) is 11.5 Å². The monoisotopic (exact) mass is 310 g/mol. The van der Waals surface area contributed by atoms with Gasteiger partial charge in [0.25, 0.3) is 0 Å². The zero-order valence-electron chi connectivity index (χ0n) is 13.3. The molecule has 3 rings (SSSR count). The van der Waals surface area contributed by atoms with E-state index in [9.17, 15) is 4.79 Å². The molecular weight excluding hydrogens is 288 g/mol. The molecule has 0 radical (unpaired) electrons. The maximum atomic E-state index is 12.5. The number of rotatable bonds is 5. The van der Waals surface area contributed by atoms with Crippen LogP contribution < -0.4 is 4.74 Å². The Morgan fingerprint density at radius 3 is 2.65 bits per heavy atom. The summed E-state index contributed by atoms with van der Waals surface area (Å²) in [5.41, 5.74) is 0.496. The summed E-state index contributed by atoms with van der Waals surface area (Å²) in [6.07, 6.45) is 13.0. The summed E-state index contributed by atoms with van der Waals surface area (Å²) in [4.78, 5) is 20.7. The van der Waals surface area contributed by atoms with Crippen molar-refractivity contribution in [2.75, 3.05) is 0 Å². The van der Waals surface area contributed by atoms with Crippen LogP contribution in [0.15, 0.2) is 42.9 Å². The number of nitrogens with zero attached hydrogens (tertiary/aromatic N) is 2. The second-order valence-corrected chi connectivity index (χ2v) is 6.15. The van der Waals surface area contributed by atoms with Crippen LogP contribution in [-0.2, 0) is 0 Å². The fourth-order valence-electron chi connectivity index (χ4n) is 3.11. The van der Waals surface area contributed by atoms with Crippen LogP contribution in [0.25, 0.3) is 0 Å². The number of pyridine rings is 2. The normalized spacial score (nSPS) is 15.8. The van der Waals surface area contributed by atoms with E-state index in [-0.39, 0.29) is 5.78 Å². The number of aromatic nitrogens is 2. The van der Waals surface area contributed by atoms with Gasteiger partial charge in [-0.15, -0.1) is 0 Å². The van der Waals surface area contributed by atoms with Gasteiger partial charge in [0.2, 0.25) is 0 Å². The first kappa shape index (κ1) is 15.7. The molecule has 1 fully saturated rings. The van der Waals surface area contributed by atoms with Crippen molar-refractivity contribution in [1.82, 2.24) is 9.97 Å². The smallest absolute Gasteiger partial charge is 0.181 e. The van der Waals surface area contributed by atoms with E-state index in [1.165, 1.54) is 25.7 Å². The summed E-state index contributed by atoms with van der Waals surface area (Å²) in [5.74, 6) is 1.90. The Bertz CT molecular complexity index is 635. The van der Waals surface area contributed by atoms with Crippen LogP contribution in [0.1, 0.15) is 55.4 Å². The summed E-state index contributed by atoms with van der Waals surface area (Å²) >= 11 is 0. The Labute approximate surface area is 136 Å². The molecule has 0 amide bonds. The minimum atomic E-state index is 0.119. The van der Waals surface area contributed by atoms with Gasteiger partial charge in [-0.3, -0.25) is 14.8 Å². The first-order valence-corrected chi connectivity index (χ1v) is 8.38. The van der Waals surface area contributed by atoms with Crippen LogP contribution in [0, 0.1) is 5.92 Å². The Morgan fingerprint density at radius 2 is 1.91 bits per heavy atom. The first-order valence-electron chi connectivity index (χ1n) is 8.38. The molecule has 120 valence electrons. The Kier molecular flexibility index (Phi) is 5.35. The first-order chi connectivity index (χ1) is 11.3. The van der Waals surface area contributed by atoms with E-state index < -0.39 is 0 Å². The lowest BCUT2D eigenvalue weighted by molar-refractivity contribution is 0.0951. The van der Waals surface area contributed by atoms with Gasteiger partial charge in [0.05, 0.1) is 6.20 Å². The molecule has 0 N–H and O–H groups in total. The number of carbonyl (C=O) groups excluding carboxylic acids is 1. The molecule has 0 aliphatic heterocycles. The van der Waals surface area contributed by atoms with Crippen molar-refractivity contribution < 1.29 is 9.53 Å². The molecule has 2 aromatic heterocycles. The molecular formula is C19H22N2O2. The highest BCUT2D eigenvalue weighted by atomic mass is 16.5. The molecule has 4 heteroatoms. The Morgan fingerprint density at radius 1 is 1.09 bits per heavy atom. The van der Waals surface area contributed by atoms with E-state index in [0.29, 0.717) is 29.5 Å². The molecule has 0 saturated heterocycles. The number of hydrogen-bond acceptors (Lipinski definition) is 4. The summed E-state index contributed by atoms with van der Waals surface area (Å²) < 4.78 is 5.72. The van der Waals surface area contributed by atoms with Gasteiger partial charge >= 0.3 is 0 Å². The van der Waals surface area contributed by atoms with Gasteiger partial charge in [0.15, 0.2) is 5.78 Å². The molecule has 2 aromatic rings. The van der Waals surface area contributed by atoms with Gasteiger partial charge in [-0.25, -0.2) is 0 Å². The third-order valence-electron chi connectivity index (χ3n) is 4.34. The molecule has 1 saturated carbocycles. The van der Waals surface area contributed by atoms with E-state index in [0.717, 1.165) is 12.8 Å². The molecule has 0 aromatic carbocycles. The fourth-order valence-corrected chi connectivity index (χ4v) is 3.11. The van der Waals surface area contributed by atoms with Gasteiger partial charge in [-0.1, -0.05) is 38.5 Å². The van der Waals surface area contributed by atoms with E-state index in [1.807, 2.05) is 12.1 Å². The van der Waals surface area contributed by atoms with Crippen LogP contribution >= 0.6 is 0 Å². The van der Waals surface area contributed by atoms with Gasteiger partial charge in [0, 0.05) is 24.9 Å². The molecule has 0 bridgehead atoms. The van der Waals surface area contributed by atoms with Crippen LogP contribution in [0.3, 0.4) is 0 Å². The van der Waals surface area contributed by atoms with Crippen LogP contribution in [0.4, 0.5) is 0 Å². The van der Waals surface area contributed by atoms with E-state index in [2.05, 4.69) is 9.97 Å². The number of ketones is 1. The molecule has 1 aliphatic rings. The van der Waals surface area contributed by atoms with Crippen molar-refractivity contribution in [3.05, 3.63) is 48.5 Å². The predicted molar refractivity (Wildman–Crippen MR) is 88.7 cm³/mol. The summed E-state index contributed by atoms with van der Waals surface area (Å²) in [7, 11) is 0. The third-order valence-corrected chi connectivity index (χ3v) is 4.34. The van der Waals surface area contributed by atoms with Gasteiger partial charge in [-0.2, -0.15) is 0 Å². The zero-order chi connectivity index (χ0) is 15.9. The van der Waals surface area contributed by atoms with E-state index >= 15 is 0 Å². The molecule has 0 atom stereocenters. The molecule has 0 spiro atoms. The SMILES string of the molecule is O=C(CC1CCCCCC1)c1cc(Oc2cccnc2)ccn1. The minimum Gasteiger partial charge on any atom is -0.456 e. The summed E-state index contributed by atoms with van der Waals surface area (Å²) in [5, 5.41) is 0. The lowest BCUT2D eigenvalue weighted by Gasteiger charge is -2.12. The Balaban J connectivity index is 1.65. The van der Waals surface area contributed by atoms with Crippen molar-refractivity contribution in [3.63, 3.8) is 0 Å². The van der Waals surface area contributed by atoms with Gasteiger partial charge < -0.3 is 4.74 Å². The standard InChI is InChI=1S/C19H22N2O2/c22-19(12-15-6-3-1-2-4-7-15)18-13-16(9-11-21-18)23-17-8-5-10-20-14-17/h5,8-11,13-15H,1-4,6-7,12H2. The lowest BCUT2D eigenvalue weighted by Crippen LogP contribution is -2.10. The number of Topliss-reactive ketones (excluding diaryl/α,β-unsaturated/α-hetero) is 1. The number of ether oxygens (including phenoxy) is 1. The Hall–Kier alpha value is -2.23. The zero-order valence-corrected chi connectivity index (χ0v) is 13.3. The van der Waals surface area contributed by atoms with Crippen molar-refractivity contribution in [2.24, 2.45) is 5.92 Å². The minimum absolute atomic E-state index is 0.119. The predicted octanol–water partition coefficient (Wildman–Crippen LogP) is 4.81. The average molecular weight is 310 g/mol. The van der Waals surface area contributed by atoms with E-state index in [1.54, 1.807) is 30.7 Å². The van der Waals surface area contributed by atoms with Gasteiger partial charge in [0.1, 0.15) is 17.2 Å². The summed E-state index contributed by atoms with van der Waals surface area (Å²) in [6, 6.07) is 7.14. The number of carbonyl (C=O) groups is 1. The van der Waals surface area contributed by atoms with Crippen LogP contribution in [0.5, 0.6) is 11.5 Å². The highest BCUT2D eigenvalue weighted by Crippen LogP contribution is 2.27. The largest absolute Gasteiger partial charge is 0.456 e. The lowest BCUT2D eigenvalue weighted by atomic mass is 9.93. The topological polar surface area (TPSA) is 52.1 Å². The van der Waals surface area contributed by atoms with Gasteiger partial charge in [-0.05, 0) is 24.1 Å². The van der Waals surface area contributed by atoms with E-state index in [4.69, 9.17) is 4.74 Å². The highest BCUT2D eigenvalue weighted by molar-refractivity contribution is 5.94. The highest BCUT2D eigenvalue weighted by Gasteiger charge is 2.18. The maximum Gasteiger partial charge on any atom is 0.181 e. The molecule has 2 heterocycles. The molecule has 23 heavy (non-hydrogen) atoms. The maximum absolute atomic E-state index is 12.5. The molecule has 1 aliphatic carbocycles. The second kappa shape index (κ2) is 7.86.